The maximum Gasteiger partial charge on any atom is 0.326 e. The molecular weight excluding hydrogens is 340 g/mol. The van der Waals surface area contributed by atoms with Crippen LogP contribution < -0.4 is 22.1 Å². The highest BCUT2D eigenvalue weighted by Gasteiger charge is 2.30. The number of carbonyl (C=O) groups is 5. The summed E-state index contributed by atoms with van der Waals surface area (Å²) in [5.41, 5.74) is 10.4. The molecule has 0 heterocycles. The van der Waals surface area contributed by atoms with Crippen molar-refractivity contribution < 1.29 is 39.3 Å². The van der Waals surface area contributed by atoms with Gasteiger partial charge in [0.25, 0.3) is 0 Å². The topological polar surface area (TPSA) is 222 Å². The minimum Gasteiger partial charge on any atom is -0.481 e. The summed E-state index contributed by atoms with van der Waals surface area (Å²) < 4.78 is 0. The van der Waals surface area contributed by atoms with Crippen molar-refractivity contribution in [2.75, 3.05) is 0 Å². The summed E-state index contributed by atoms with van der Waals surface area (Å²) in [6, 6.07) is -4.48. The van der Waals surface area contributed by atoms with E-state index in [0.717, 1.165) is 0 Å². The van der Waals surface area contributed by atoms with E-state index < -0.39 is 60.3 Å². The Hall–Kier alpha value is -2.73. The zero-order valence-corrected chi connectivity index (χ0v) is 13.5. The fraction of sp³-hybridized carbons (Fsp3) is 0.615. The predicted molar refractivity (Wildman–Crippen MR) is 81.8 cm³/mol. The van der Waals surface area contributed by atoms with Crippen LogP contribution in [0.25, 0.3) is 0 Å². The first-order valence-corrected chi connectivity index (χ1v) is 7.23. The quantitative estimate of drug-likeness (QED) is 0.193. The Morgan fingerprint density at radius 2 is 1.52 bits per heavy atom. The molecule has 0 aliphatic heterocycles. The number of hydrogen-bond acceptors (Lipinski definition) is 7. The second-order valence-electron chi connectivity index (χ2n) is 5.33. The fourth-order valence-electron chi connectivity index (χ4n) is 1.69. The number of amides is 3. The van der Waals surface area contributed by atoms with Gasteiger partial charge in [-0.15, -0.1) is 0 Å². The molecule has 4 unspecified atom stereocenters. The van der Waals surface area contributed by atoms with Crippen molar-refractivity contribution in [2.45, 2.75) is 50.4 Å². The number of carboxylic acids is 2. The Bertz CT molecular complexity index is 536. The highest BCUT2D eigenvalue weighted by molar-refractivity contribution is 5.93. The molecule has 9 N–H and O–H groups in total. The van der Waals surface area contributed by atoms with Crippen LogP contribution >= 0.6 is 0 Å². The van der Waals surface area contributed by atoms with Crippen LogP contribution in [0.1, 0.15) is 26.2 Å². The molecule has 0 rings (SSSR count). The maximum atomic E-state index is 12.1. The summed E-state index contributed by atoms with van der Waals surface area (Å²) in [5.74, 6) is -5.75. The molecule has 0 aromatic heterocycles. The van der Waals surface area contributed by atoms with Gasteiger partial charge in [-0.05, 0) is 13.3 Å². The highest BCUT2D eigenvalue weighted by atomic mass is 16.4. The van der Waals surface area contributed by atoms with E-state index in [9.17, 15) is 29.1 Å². The van der Waals surface area contributed by atoms with Gasteiger partial charge in [-0.2, -0.15) is 0 Å². The van der Waals surface area contributed by atoms with Gasteiger partial charge in [-0.3, -0.25) is 19.2 Å². The fourth-order valence-corrected chi connectivity index (χ4v) is 1.69. The number of nitrogens with one attached hydrogen (secondary N) is 2. The van der Waals surface area contributed by atoms with E-state index >= 15 is 0 Å². The molecule has 3 amide bonds. The molecule has 0 fully saturated rings. The standard InChI is InChI=1S/C13H22N4O8/c1-5(18)10(15)12(23)16-6(2-3-8(14)19)11(22)17-7(13(24)25)4-9(20)21/h5-7,10,18H,2-4,15H2,1H3,(H2,14,19)(H,16,23)(H,17,22)(H,20,21)(H,24,25). The van der Waals surface area contributed by atoms with Crippen molar-refractivity contribution in [3.8, 4) is 0 Å². The number of primary amides is 1. The van der Waals surface area contributed by atoms with Gasteiger partial charge in [0.2, 0.25) is 17.7 Å². The van der Waals surface area contributed by atoms with E-state index in [2.05, 4.69) is 5.32 Å². The average molecular weight is 362 g/mol. The Balaban J connectivity index is 5.13. The Kier molecular flexibility index (Phi) is 9.09. The number of aliphatic hydroxyl groups excluding tert-OH is 1. The second kappa shape index (κ2) is 10.2. The lowest BCUT2D eigenvalue weighted by Gasteiger charge is -2.23. The van der Waals surface area contributed by atoms with Gasteiger partial charge in [0.1, 0.15) is 18.1 Å². The summed E-state index contributed by atoms with van der Waals surface area (Å²) in [4.78, 5) is 56.5. The molecule has 0 aromatic carbocycles. The van der Waals surface area contributed by atoms with Crippen LogP contribution in [-0.2, 0) is 24.0 Å². The molecular formula is C13H22N4O8. The maximum absolute atomic E-state index is 12.1. The van der Waals surface area contributed by atoms with Crippen LogP contribution in [0.2, 0.25) is 0 Å². The first-order valence-electron chi connectivity index (χ1n) is 7.23. The van der Waals surface area contributed by atoms with E-state index in [4.69, 9.17) is 21.7 Å². The van der Waals surface area contributed by atoms with Gasteiger partial charge in [0, 0.05) is 6.42 Å². The third-order valence-corrected chi connectivity index (χ3v) is 3.13. The smallest absolute Gasteiger partial charge is 0.326 e. The molecule has 142 valence electrons. The highest BCUT2D eigenvalue weighted by Crippen LogP contribution is 2.02. The molecule has 0 bridgehead atoms. The zero-order chi connectivity index (χ0) is 19.7. The summed E-state index contributed by atoms with van der Waals surface area (Å²) in [6.45, 7) is 1.25. The number of nitrogens with two attached hydrogens (primary N) is 2. The van der Waals surface area contributed by atoms with Crippen LogP contribution in [-0.4, -0.2) is 69.2 Å². The number of carbonyl (C=O) groups excluding carboxylic acids is 3. The van der Waals surface area contributed by atoms with Crippen molar-refractivity contribution in [2.24, 2.45) is 11.5 Å². The molecule has 12 heteroatoms. The van der Waals surface area contributed by atoms with E-state index in [1.54, 1.807) is 0 Å². The molecule has 25 heavy (non-hydrogen) atoms. The van der Waals surface area contributed by atoms with Crippen molar-refractivity contribution in [3.05, 3.63) is 0 Å². The third-order valence-electron chi connectivity index (χ3n) is 3.13. The lowest BCUT2D eigenvalue weighted by molar-refractivity contribution is -0.147. The van der Waals surface area contributed by atoms with Crippen LogP contribution in [0, 0.1) is 0 Å². The molecule has 0 radical (unpaired) electrons. The van der Waals surface area contributed by atoms with Crippen LogP contribution in [0.4, 0.5) is 0 Å². The summed E-state index contributed by atoms with van der Waals surface area (Å²) >= 11 is 0. The zero-order valence-electron chi connectivity index (χ0n) is 13.5. The van der Waals surface area contributed by atoms with Gasteiger partial charge in [0.05, 0.1) is 12.5 Å². The summed E-state index contributed by atoms with van der Waals surface area (Å²) in [6.07, 6.45) is -2.68. The molecule has 0 saturated heterocycles. The SMILES string of the molecule is CC(O)C(N)C(=O)NC(CCC(N)=O)C(=O)NC(CC(=O)O)C(=O)O. The van der Waals surface area contributed by atoms with Crippen LogP contribution in [0.3, 0.4) is 0 Å². The number of aliphatic hydroxyl groups is 1. The lowest BCUT2D eigenvalue weighted by Crippen LogP contribution is -2.56. The van der Waals surface area contributed by atoms with Crippen molar-refractivity contribution in [3.63, 3.8) is 0 Å². The van der Waals surface area contributed by atoms with Gasteiger partial charge in [-0.25, -0.2) is 4.79 Å². The first kappa shape index (κ1) is 22.3. The van der Waals surface area contributed by atoms with E-state index in [1.165, 1.54) is 6.92 Å². The van der Waals surface area contributed by atoms with Crippen molar-refractivity contribution >= 4 is 29.7 Å². The number of hydrogen-bond donors (Lipinski definition) is 7. The lowest BCUT2D eigenvalue weighted by atomic mass is 10.1. The Labute approximate surface area is 142 Å². The average Bonchev–Trinajstić information content (AvgIpc) is 2.48. The molecule has 4 atom stereocenters. The normalized spacial score (nSPS) is 15.3. The van der Waals surface area contributed by atoms with Gasteiger partial charge < -0.3 is 37.4 Å². The van der Waals surface area contributed by atoms with Gasteiger partial charge in [0.15, 0.2) is 0 Å². The molecule has 12 nitrogen and oxygen atoms in total. The molecule has 0 saturated carbocycles. The Morgan fingerprint density at radius 1 is 1.00 bits per heavy atom. The second-order valence-corrected chi connectivity index (χ2v) is 5.33. The third kappa shape index (κ3) is 8.62. The van der Waals surface area contributed by atoms with Crippen LogP contribution in [0.5, 0.6) is 0 Å². The van der Waals surface area contributed by atoms with Crippen molar-refractivity contribution in [1.29, 1.82) is 0 Å². The van der Waals surface area contributed by atoms with Crippen LogP contribution in [0.15, 0.2) is 0 Å². The van der Waals surface area contributed by atoms with E-state index in [1.807, 2.05) is 5.32 Å². The monoisotopic (exact) mass is 362 g/mol. The number of aliphatic carboxylic acids is 2. The first-order chi connectivity index (χ1) is 11.5. The molecule has 0 aliphatic rings. The largest absolute Gasteiger partial charge is 0.481 e. The molecule has 0 aromatic rings. The Morgan fingerprint density at radius 3 is 1.92 bits per heavy atom. The minimum atomic E-state index is -1.73. The molecule has 0 aliphatic carbocycles. The minimum absolute atomic E-state index is 0.265. The van der Waals surface area contributed by atoms with Gasteiger partial charge in [-0.1, -0.05) is 0 Å². The van der Waals surface area contributed by atoms with E-state index in [0.29, 0.717) is 0 Å². The van der Waals surface area contributed by atoms with Crippen molar-refractivity contribution in [1.82, 2.24) is 10.6 Å². The summed E-state index contributed by atoms with van der Waals surface area (Å²) in [5, 5.41) is 31.0. The summed E-state index contributed by atoms with van der Waals surface area (Å²) in [7, 11) is 0. The number of rotatable bonds is 11. The predicted octanol–water partition coefficient (Wildman–Crippen LogP) is -3.51. The van der Waals surface area contributed by atoms with Gasteiger partial charge >= 0.3 is 11.9 Å². The van der Waals surface area contributed by atoms with E-state index in [-0.39, 0.29) is 12.8 Å². The number of carboxylic acid groups (broad SMARTS) is 2. The molecule has 0 spiro atoms.